The summed E-state index contributed by atoms with van der Waals surface area (Å²) >= 11 is 3.59. The van der Waals surface area contributed by atoms with Crippen molar-refractivity contribution in [3.8, 4) is 0 Å². The highest BCUT2D eigenvalue weighted by molar-refractivity contribution is 8.14. The minimum atomic E-state index is 0.161. The van der Waals surface area contributed by atoms with Crippen LogP contribution in [0.3, 0.4) is 0 Å². The zero-order valence-corrected chi connectivity index (χ0v) is 16.2. The van der Waals surface area contributed by atoms with Gasteiger partial charge in [-0.2, -0.15) is 5.10 Å². The smallest absolute Gasteiger partial charge is 0.219 e. The number of amidine groups is 1. The molecule has 1 N–H and O–H groups in total. The van der Waals surface area contributed by atoms with Crippen LogP contribution in [0.25, 0.3) is 0 Å². The lowest BCUT2D eigenvalue weighted by molar-refractivity contribution is -0.129. The van der Waals surface area contributed by atoms with Gasteiger partial charge < -0.3 is 4.90 Å². The van der Waals surface area contributed by atoms with E-state index in [1.165, 1.54) is 47.4 Å². The third-order valence-corrected chi connectivity index (χ3v) is 7.28. The minimum absolute atomic E-state index is 0.161. The number of thioether (sulfide) groups is 1. The summed E-state index contributed by atoms with van der Waals surface area (Å²) in [7, 11) is 0. The van der Waals surface area contributed by atoms with E-state index >= 15 is 0 Å². The minimum Gasteiger partial charge on any atom is -0.338 e. The fourth-order valence-electron chi connectivity index (χ4n) is 3.63. The normalized spacial score (nSPS) is 23.2. The predicted molar refractivity (Wildman–Crippen MR) is 106 cm³/mol. The molecule has 0 radical (unpaired) electrons. The average Bonchev–Trinajstić information content (AvgIpc) is 3.06. The van der Waals surface area contributed by atoms with Crippen LogP contribution in [-0.2, 0) is 17.8 Å². The van der Waals surface area contributed by atoms with Gasteiger partial charge in [0.15, 0.2) is 5.17 Å². The van der Waals surface area contributed by atoms with E-state index in [2.05, 4.69) is 16.6 Å². The molecule has 7 heteroatoms. The number of hydrogen-bond acceptors (Lipinski definition) is 5. The maximum atomic E-state index is 11.6. The second-order valence-electron chi connectivity index (χ2n) is 6.93. The molecule has 0 atom stereocenters. The molecule has 0 unspecified atom stereocenters. The van der Waals surface area contributed by atoms with E-state index in [4.69, 9.17) is 4.99 Å². The number of carbonyl (C=O) groups is 1. The molecule has 134 valence electrons. The Kier molecular flexibility index (Phi) is 5.12. The van der Waals surface area contributed by atoms with Gasteiger partial charge in [0.05, 0.1) is 16.6 Å². The van der Waals surface area contributed by atoms with Crippen LogP contribution in [0.15, 0.2) is 16.2 Å². The van der Waals surface area contributed by atoms with E-state index in [9.17, 15) is 4.79 Å². The SMILES string of the molecule is CC(=O)N1CCc2sc(C3=NNC(=NC4CCCCC4)SC3)cc2C1. The maximum absolute atomic E-state index is 11.6. The van der Waals surface area contributed by atoms with Crippen molar-refractivity contribution in [1.29, 1.82) is 0 Å². The molecule has 0 bridgehead atoms. The first-order valence-corrected chi connectivity index (χ1v) is 10.9. The third-order valence-electron chi connectivity index (χ3n) is 5.10. The molecule has 25 heavy (non-hydrogen) atoms. The van der Waals surface area contributed by atoms with Crippen LogP contribution in [0.5, 0.6) is 0 Å². The lowest BCUT2D eigenvalue weighted by Crippen LogP contribution is -2.33. The summed E-state index contributed by atoms with van der Waals surface area (Å²) in [5.41, 5.74) is 5.55. The Labute approximate surface area is 157 Å². The van der Waals surface area contributed by atoms with Crippen molar-refractivity contribution >= 4 is 39.9 Å². The summed E-state index contributed by atoms with van der Waals surface area (Å²) in [6, 6.07) is 2.70. The summed E-state index contributed by atoms with van der Waals surface area (Å²) in [4.78, 5) is 21.0. The first-order chi connectivity index (χ1) is 12.2. The number of rotatable bonds is 2. The first kappa shape index (κ1) is 17.1. The van der Waals surface area contributed by atoms with E-state index < -0.39 is 0 Å². The number of amides is 1. The molecule has 1 amide bonds. The second-order valence-corrected chi connectivity index (χ2v) is 9.04. The summed E-state index contributed by atoms with van der Waals surface area (Å²) in [6.45, 7) is 3.22. The van der Waals surface area contributed by atoms with E-state index in [1.807, 2.05) is 16.2 Å². The fourth-order valence-corrected chi connectivity index (χ4v) is 5.70. The van der Waals surface area contributed by atoms with Crippen LogP contribution in [0.2, 0.25) is 0 Å². The lowest BCUT2D eigenvalue weighted by atomic mass is 9.96. The molecule has 1 aliphatic carbocycles. The van der Waals surface area contributed by atoms with Crippen molar-refractivity contribution in [2.45, 2.75) is 58.0 Å². The van der Waals surface area contributed by atoms with Crippen LogP contribution >= 0.6 is 23.1 Å². The molecule has 1 fully saturated rings. The van der Waals surface area contributed by atoms with Crippen LogP contribution in [0, 0.1) is 0 Å². The highest BCUT2D eigenvalue weighted by atomic mass is 32.2. The van der Waals surface area contributed by atoms with Crippen LogP contribution in [0.1, 0.15) is 54.3 Å². The van der Waals surface area contributed by atoms with E-state index in [-0.39, 0.29) is 5.91 Å². The van der Waals surface area contributed by atoms with Crippen molar-refractivity contribution in [3.63, 3.8) is 0 Å². The van der Waals surface area contributed by atoms with Crippen LogP contribution < -0.4 is 5.43 Å². The topological polar surface area (TPSA) is 57.1 Å². The van der Waals surface area contributed by atoms with Gasteiger partial charge >= 0.3 is 0 Å². The number of hydrazone groups is 1. The lowest BCUT2D eigenvalue weighted by Gasteiger charge is -2.25. The van der Waals surface area contributed by atoms with Gasteiger partial charge in [-0.15, -0.1) is 11.3 Å². The predicted octanol–water partition coefficient (Wildman–Crippen LogP) is 3.38. The summed E-state index contributed by atoms with van der Waals surface area (Å²) < 4.78 is 0. The van der Waals surface area contributed by atoms with E-state index in [1.54, 1.807) is 18.7 Å². The summed E-state index contributed by atoms with van der Waals surface area (Å²) in [5.74, 6) is 1.03. The Morgan fingerprint density at radius 1 is 1.36 bits per heavy atom. The second kappa shape index (κ2) is 7.50. The van der Waals surface area contributed by atoms with Crippen LogP contribution in [-0.4, -0.2) is 40.0 Å². The molecule has 0 saturated heterocycles. The fraction of sp³-hybridized carbons (Fsp3) is 0.611. The molecule has 3 heterocycles. The van der Waals surface area contributed by atoms with Gasteiger partial charge in [0.25, 0.3) is 0 Å². The molecular weight excluding hydrogens is 352 g/mol. The molecular formula is C18H24N4OS2. The van der Waals surface area contributed by atoms with E-state index in [0.717, 1.165) is 36.1 Å². The van der Waals surface area contributed by atoms with Crippen molar-refractivity contribution in [3.05, 3.63) is 21.4 Å². The Hall–Kier alpha value is -1.34. The molecule has 2 aliphatic heterocycles. The van der Waals surface area contributed by atoms with Gasteiger partial charge in [-0.3, -0.25) is 15.2 Å². The van der Waals surface area contributed by atoms with Gasteiger partial charge in [-0.05, 0) is 30.9 Å². The number of aliphatic imine (C=N–C) groups is 1. The standard InChI is InChI=1S/C18H24N4OS2/c1-12(23)22-8-7-16-13(10-22)9-17(25-16)15-11-24-18(21-20-15)19-14-5-3-2-4-6-14/h9,14H,2-8,10-11H2,1H3,(H,19,21). The van der Waals surface area contributed by atoms with Crippen molar-refractivity contribution < 1.29 is 4.79 Å². The van der Waals surface area contributed by atoms with Gasteiger partial charge in [-0.1, -0.05) is 31.0 Å². The Morgan fingerprint density at radius 2 is 2.20 bits per heavy atom. The third kappa shape index (κ3) is 3.92. The van der Waals surface area contributed by atoms with E-state index in [0.29, 0.717) is 6.04 Å². The van der Waals surface area contributed by atoms with Gasteiger partial charge in [0.1, 0.15) is 0 Å². The number of nitrogens with one attached hydrogen (secondary N) is 1. The highest BCUT2D eigenvalue weighted by Crippen LogP contribution is 2.30. The largest absolute Gasteiger partial charge is 0.338 e. The van der Waals surface area contributed by atoms with Gasteiger partial charge in [-0.25, -0.2) is 0 Å². The molecule has 4 rings (SSSR count). The van der Waals surface area contributed by atoms with Crippen molar-refractivity contribution in [1.82, 2.24) is 10.3 Å². The molecule has 0 spiro atoms. The highest BCUT2D eigenvalue weighted by Gasteiger charge is 2.23. The number of carbonyl (C=O) groups excluding carboxylic acids is 1. The average molecular weight is 377 g/mol. The molecule has 5 nitrogen and oxygen atoms in total. The maximum Gasteiger partial charge on any atom is 0.219 e. The van der Waals surface area contributed by atoms with Crippen molar-refractivity contribution in [2.75, 3.05) is 12.3 Å². The summed E-state index contributed by atoms with van der Waals surface area (Å²) in [5, 5.41) is 5.56. The van der Waals surface area contributed by atoms with Gasteiger partial charge in [0, 0.05) is 30.6 Å². The number of fused-ring (bicyclic) bond motifs is 1. The monoisotopic (exact) mass is 376 g/mol. The zero-order valence-electron chi connectivity index (χ0n) is 14.6. The molecule has 0 aromatic carbocycles. The molecule has 3 aliphatic rings. The molecule has 1 saturated carbocycles. The number of nitrogens with zero attached hydrogens (tertiary/aromatic N) is 3. The van der Waals surface area contributed by atoms with Crippen molar-refractivity contribution in [2.24, 2.45) is 10.1 Å². The zero-order chi connectivity index (χ0) is 17.2. The quantitative estimate of drug-likeness (QED) is 0.861. The molecule has 1 aromatic rings. The Morgan fingerprint density at radius 3 is 2.92 bits per heavy atom. The van der Waals surface area contributed by atoms with Crippen LogP contribution in [0.4, 0.5) is 0 Å². The molecule has 1 aromatic heterocycles. The summed E-state index contributed by atoms with van der Waals surface area (Å²) in [6.07, 6.45) is 7.35. The number of hydrogen-bond donors (Lipinski definition) is 1. The Bertz CT molecular complexity index is 719. The first-order valence-electron chi connectivity index (χ1n) is 9.09. The Balaban J connectivity index is 1.43. The number of thiophene rings is 1. The van der Waals surface area contributed by atoms with Gasteiger partial charge in [0.2, 0.25) is 5.91 Å².